The Bertz CT molecular complexity index is 1300. The molecule has 0 aliphatic carbocycles. The van der Waals surface area contributed by atoms with Crippen LogP contribution >= 0.6 is 0 Å². The quantitative estimate of drug-likeness (QED) is 0.494. The molecule has 4 aromatic rings. The molecule has 29 heavy (non-hydrogen) atoms. The third kappa shape index (κ3) is 3.11. The molecule has 0 aliphatic heterocycles. The zero-order valence-corrected chi connectivity index (χ0v) is 16.5. The second kappa shape index (κ2) is 7.21. The van der Waals surface area contributed by atoms with Crippen molar-refractivity contribution >= 4 is 21.1 Å². The fourth-order valence-corrected chi connectivity index (χ4v) is 4.58. The van der Waals surface area contributed by atoms with E-state index in [0.717, 1.165) is 3.97 Å². The number of hydrogen-bond donors (Lipinski definition) is 0. The molecule has 0 bridgehead atoms. The Balaban J connectivity index is 2.02. The number of hydrogen-bond acceptors (Lipinski definition) is 5. The van der Waals surface area contributed by atoms with Crippen LogP contribution in [-0.2, 0) is 10.0 Å². The first-order valence-corrected chi connectivity index (χ1v) is 10.1. The molecule has 148 valence electrons. The van der Waals surface area contributed by atoms with Gasteiger partial charge in [-0.1, -0.05) is 18.2 Å². The van der Waals surface area contributed by atoms with Crippen LogP contribution in [0.4, 0.5) is 4.39 Å². The minimum atomic E-state index is -3.86. The van der Waals surface area contributed by atoms with E-state index >= 15 is 0 Å². The van der Waals surface area contributed by atoms with E-state index in [0.29, 0.717) is 28.0 Å². The molecule has 0 atom stereocenters. The van der Waals surface area contributed by atoms with Crippen LogP contribution in [0.15, 0.2) is 71.9 Å². The lowest BCUT2D eigenvalue weighted by Gasteiger charge is -2.14. The largest absolute Gasteiger partial charge is 0.496 e. The van der Waals surface area contributed by atoms with Gasteiger partial charge in [0.25, 0.3) is 10.0 Å². The molecule has 2 heterocycles. The Morgan fingerprint density at radius 3 is 2.38 bits per heavy atom. The highest BCUT2D eigenvalue weighted by Crippen LogP contribution is 2.41. The van der Waals surface area contributed by atoms with Crippen molar-refractivity contribution in [2.45, 2.75) is 4.90 Å². The van der Waals surface area contributed by atoms with Crippen molar-refractivity contribution in [2.75, 3.05) is 14.2 Å². The number of fused-ring (bicyclic) bond motifs is 1. The monoisotopic (exact) mass is 412 g/mol. The number of nitrogens with zero attached hydrogens (tertiary/aromatic N) is 2. The van der Waals surface area contributed by atoms with Crippen molar-refractivity contribution in [3.05, 3.63) is 72.8 Å². The summed E-state index contributed by atoms with van der Waals surface area (Å²) in [6.07, 6.45) is 2.84. The van der Waals surface area contributed by atoms with Gasteiger partial charge >= 0.3 is 0 Å². The van der Waals surface area contributed by atoms with E-state index in [1.807, 2.05) is 0 Å². The summed E-state index contributed by atoms with van der Waals surface area (Å²) in [4.78, 5) is 4.43. The highest BCUT2D eigenvalue weighted by Gasteiger charge is 2.24. The van der Waals surface area contributed by atoms with E-state index in [4.69, 9.17) is 9.47 Å². The SMILES string of the molecule is COc1ccc(F)cc1-c1c(OC)cnc2c1ccn2S(=O)(=O)c1ccccc1. The minimum Gasteiger partial charge on any atom is -0.496 e. The van der Waals surface area contributed by atoms with Crippen molar-refractivity contribution in [1.82, 2.24) is 8.96 Å². The summed E-state index contributed by atoms with van der Waals surface area (Å²) >= 11 is 0. The van der Waals surface area contributed by atoms with Gasteiger partial charge in [0.15, 0.2) is 5.65 Å². The Morgan fingerprint density at radius 1 is 0.966 bits per heavy atom. The van der Waals surface area contributed by atoms with Gasteiger partial charge < -0.3 is 9.47 Å². The van der Waals surface area contributed by atoms with Gasteiger partial charge in [0.2, 0.25) is 0 Å². The molecule has 0 aliphatic rings. The lowest BCUT2D eigenvalue weighted by Crippen LogP contribution is -2.12. The predicted molar refractivity (Wildman–Crippen MR) is 107 cm³/mol. The molecule has 0 saturated carbocycles. The second-order valence-corrected chi connectivity index (χ2v) is 8.03. The van der Waals surface area contributed by atoms with Gasteiger partial charge in [0.1, 0.15) is 17.3 Å². The summed E-state index contributed by atoms with van der Waals surface area (Å²) in [5.74, 6) is 0.344. The molecule has 2 aromatic carbocycles. The van der Waals surface area contributed by atoms with Crippen LogP contribution in [0.2, 0.25) is 0 Å². The number of pyridine rings is 1. The van der Waals surface area contributed by atoms with Crippen molar-refractivity contribution < 1.29 is 22.3 Å². The van der Waals surface area contributed by atoms with Crippen LogP contribution in [0, 0.1) is 5.82 Å². The van der Waals surface area contributed by atoms with E-state index in [-0.39, 0.29) is 10.5 Å². The highest BCUT2D eigenvalue weighted by atomic mass is 32.2. The molecule has 6 nitrogen and oxygen atoms in total. The molecular weight excluding hydrogens is 395 g/mol. The normalized spacial score (nSPS) is 11.6. The highest BCUT2D eigenvalue weighted by molar-refractivity contribution is 7.90. The van der Waals surface area contributed by atoms with Crippen LogP contribution in [0.3, 0.4) is 0 Å². The fourth-order valence-electron chi connectivity index (χ4n) is 3.25. The molecule has 8 heteroatoms. The van der Waals surface area contributed by atoms with Crippen molar-refractivity contribution in [3.8, 4) is 22.6 Å². The van der Waals surface area contributed by atoms with Gasteiger partial charge in [-0.15, -0.1) is 0 Å². The summed E-state index contributed by atoms with van der Waals surface area (Å²) in [5.41, 5.74) is 1.14. The van der Waals surface area contributed by atoms with Gasteiger partial charge in [-0.2, -0.15) is 0 Å². The summed E-state index contributed by atoms with van der Waals surface area (Å²) in [6, 6.07) is 13.8. The van der Waals surface area contributed by atoms with Gasteiger partial charge in [-0.25, -0.2) is 21.8 Å². The molecule has 0 spiro atoms. The van der Waals surface area contributed by atoms with E-state index in [1.165, 1.54) is 56.9 Å². The van der Waals surface area contributed by atoms with Gasteiger partial charge in [-0.05, 0) is 36.4 Å². The molecule has 0 fully saturated rings. The Morgan fingerprint density at radius 2 is 1.69 bits per heavy atom. The molecule has 0 N–H and O–H groups in total. The number of aromatic nitrogens is 2. The average molecular weight is 412 g/mol. The Labute approximate surface area is 167 Å². The lowest BCUT2D eigenvalue weighted by molar-refractivity contribution is 0.409. The summed E-state index contributed by atoms with van der Waals surface area (Å²) in [7, 11) is -0.910. The third-order valence-electron chi connectivity index (χ3n) is 4.60. The first-order chi connectivity index (χ1) is 14.0. The number of halogens is 1. The van der Waals surface area contributed by atoms with E-state index in [2.05, 4.69) is 4.98 Å². The predicted octanol–water partition coefficient (Wildman–Crippen LogP) is 4.10. The maximum atomic E-state index is 14.0. The molecule has 0 saturated heterocycles. The zero-order valence-electron chi connectivity index (χ0n) is 15.7. The van der Waals surface area contributed by atoms with Gasteiger partial charge in [-0.3, -0.25) is 0 Å². The molecule has 4 rings (SSSR count). The van der Waals surface area contributed by atoms with E-state index in [1.54, 1.807) is 24.3 Å². The zero-order chi connectivity index (χ0) is 20.6. The molecule has 0 amide bonds. The summed E-state index contributed by atoms with van der Waals surface area (Å²) in [5, 5.41) is 0.493. The number of ether oxygens (including phenoxy) is 2. The van der Waals surface area contributed by atoms with Crippen molar-refractivity contribution in [3.63, 3.8) is 0 Å². The standard InChI is InChI=1S/C21H17FN2O4S/c1-27-18-9-8-14(22)12-17(18)20-16-10-11-24(21(16)23-13-19(20)28-2)29(25,26)15-6-4-3-5-7-15/h3-13H,1-2H3. The van der Waals surface area contributed by atoms with Crippen molar-refractivity contribution in [2.24, 2.45) is 0 Å². The maximum Gasteiger partial charge on any atom is 0.269 e. The first-order valence-electron chi connectivity index (χ1n) is 8.66. The molecule has 2 aromatic heterocycles. The molecule has 0 radical (unpaired) electrons. The Hall–Kier alpha value is -3.39. The van der Waals surface area contributed by atoms with Crippen molar-refractivity contribution in [1.29, 1.82) is 0 Å². The number of methoxy groups -OCH3 is 2. The average Bonchev–Trinajstić information content (AvgIpc) is 3.18. The van der Waals surface area contributed by atoms with Crippen LogP contribution in [0.25, 0.3) is 22.2 Å². The fraction of sp³-hybridized carbons (Fsp3) is 0.0952. The van der Waals surface area contributed by atoms with Gasteiger partial charge in [0.05, 0.1) is 25.3 Å². The van der Waals surface area contributed by atoms with E-state index in [9.17, 15) is 12.8 Å². The smallest absolute Gasteiger partial charge is 0.269 e. The minimum absolute atomic E-state index is 0.139. The second-order valence-electron chi connectivity index (χ2n) is 6.21. The maximum absolute atomic E-state index is 14.0. The molecule has 0 unspecified atom stereocenters. The lowest BCUT2D eigenvalue weighted by atomic mass is 10.0. The molecular formula is C21H17FN2O4S. The first kappa shape index (κ1) is 18.9. The topological polar surface area (TPSA) is 70.4 Å². The van der Waals surface area contributed by atoms with Gasteiger partial charge in [0, 0.05) is 22.7 Å². The Kier molecular flexibility index (Phi) is 4.71. The summed E-state index contributed by atoms with van der Waals surface area (Å²) in [6.45, 7) is 0. The summed E-state index contributed by atoms with van der Waals surface area (Å²) < 4.78 is 52.1. The van der Waals surface area contributed by atoms with Crippen LogP contribution in [0.5, 0.6) is 11.5 Å². The van der Waals surface area contributed by atoms with Crippen LogP contribution < -0.4 is 9.47 Å². The third-order valence-corrected chi connectivity index (χ3v) is 6.28. The number of rotatable bonds is 5. The van der Waals surface area contributed by atoms with E-state index < -0.39 is 15.8 Å². The van der Waals surface area contributed by atoms with Crippen LogP contribution in [0.1, 0.15) is 0 Å². The van der Waals surface area contributed by atoms with Crippen LogP contribution in [-0.4, -0.2) is 31.6 Å². The number of benzene rings is 2.